The van der Waals surface area contributed by atoms with Gasteiger partial charge in [-0.15, -0.1) is 0 Å². The fourth-order valence-corrected chi connectivity index (χ4v) is 4.15. The quantitative estimate of drug-likeness (QED) is 0.745. The summed E-state index contributed by atoms with van der Waals surface area (Å²) >= 11 is 0. The van der Waals surface area contributed by atoms with Crippen LogP contribution < -0.4 is 0 Å². The number of likely N-dealkylation sites (tertiary alicyclic amines) is 1. The van der Waals surface area contributed by atoms with Crippen LogP contribution in [0.15, 0.2) is 18.5 Å². The molecule has 4 aliphatic rings. The molecule has 0 atom stereocenters. The highest BCUT2D eigenvalue weighted by Crippen LogP contribution is 2.52. The van der Waals surface area contributed by atoms with Crippen molar-refractivity contribution in [3.63, 3.8) is 0 Å². The minimum absolute atomic E-state index is 0.0103. The van der Waals surface area contributed by atoms with Crippen molar-refractivity contribution >= 4 is 17.8 Å². The largest absolute Gasteiger partial charge is 0.490 e. The van der Waals surface area contributed by atoms with Crippen molar-refractivity contribution < 1.29 is 37.1 Å². The number of carbonyl (C=O) groups excluding carboxylic acids is 2. The first-order valence-corrected chi connectivity index (χ1v) is 9.07. The van der Waals surface area contributed by atoms with E-state index in [4.69, 9.17) is 9.90 Å². The number of alkyl halides is 3. The molecule has 1 aromatic heterocycles. The van der Waals surface area contributed by atoms with Gasteiger partial charge in [-0.25, -0.2) is 9.18 Å². The summed E-state index contributed by atoms with van der Waals surface area (Å²) < 4.78 is 45.6. The molecule has 11 heteroatoms. The summed E-state index contributed by atoms with van der Waals surface area (Å²) in [7, 11) is 0. The third-order valence-corrected chi connectivity index (χ3v) is 5.49. The molecule has 29 heavy (non-hydrogen) atoms. The second-order valence-corrected chi connectivity index (χ2v) is 7.38. The molecular formula is C18H19F4N3O4. The lowest BCUT2D eigenvalue weighted by molar-refractivity contribution is -0.192. The van der Waals surface area contributed by atoms with Crippen LogP contribution in [0, 0.1) is 11.7 Å². The van der Waals surface area contributed by atoms with Crippen LogP contribution in [0.3, 0.4) is 0 Å². The van der Waals surface area contributed by atoms with Gasteiger partial charge in [0.2, 0.25) is 5.91 Å². The number of fused-ring (bicyclic) bond motifs is 1. The lowest BCUT2D eigenvalue weighted by atomic mass is 9.72. The first-order valence-electron chi connectivity index (χ1n) is 9.07. The van der Waals surface area contributed by atoms with E-state index in [1.165, 1.54) is 12.3 Å². The van der Waals surface area contributed by atoms with Gasteiger partial charge in [0.05, 0.1) is 11.8 Å². The molecule has 3 aliphatic heterocycles. The van der Waals surface area contributed by atoms with Gasteiger partial charge in [0.25, 0.3) is 5.91 Å². The molecule has 158 valence electrons. The van der Waals surface area contributed by atoms with E-state index in [9.17, 15) is 27.2 Å². The molecule has 1 aromatic rings. The Kier molecular flexibility index (Phi) is 5.50. The summed E-state index contributed by atoms with van der Waals surface area (Å²) in [4.78, 5) is 41.6. The minimum atomic E-state index is -5.08. The smallest absolute Gasteiger partial charge is 0.475 e. The van der Waals surface area contributed by atoms with Crippen LogP contribution in [0.25, 0.3) is 0 Å². The molecule has 0 radical (unpaired) electrons. The highest BCUT2D eigenvalue weighted by atomic mass is 19.4. The summed E-state index contributed by atoms with van der Waals surface area (Å²) in [6.45, 7) is 2.11. The molecule has 2 amide bonds. The van der Waals surface area contributed by atoms with E-state index in [-0.39, 0.29) is 17.4 Å². The normalized spacial score (nSPS) is 25.2. The van der Waals surface area contributed by atoms with Crippen LogP contribution in [-0.4, -0.2) is 69.0 Å². The molecule has 0 unspecified atom stereocenters. The number of amides is 2. The van der Waals surface area contributed by atoms with E-state index in [1.54, 1.807) is 4.90 Å². The maximum absolute atomic E-state index is 13.9. The van der Waals surface area contributed by atoms with Gasteiger partial charge in [-0.1, -0.05) is 0 Å². The fourth-order valence-electron chi connectivity index (χ4n) is 4.15. The fraction of sp³-hybridized carbons (Fsp3) is 0.556. The van der Waals surface area contributed by atoms with E-state index in [1.807, 2.05) is 4.90 Å². The molecule has 0 spiro atoms. The highest BCUT2D eigenvalue weighted by molar-refractivity contribution is 6.01. The molecule has 5 rings (SSSR count). The van der Waals surface area contributed by atoms with Gasteiger partial charge in [0.1, 0.15) is 5.54 Å². The zero-order chi connectivity index (χ0) is 21.4. The van der Waals surface area contributed by atoms with Crippen LogP contribution in [0.5, 0.6) is 0 Å². The van der Waals surface area contributed by atoms with Crippen molar-refractivity contribution in [1.29, 1.82) is 0 Å². The maximum atomic E-state index is 13.9. The van der Waals surface area contributed by atoms with E-state index < -0.39 is 23.5 Å². The van der Waals surface area contributed by atoms with Crippen molar-refractivity contribution in [3.05, 3.63) is 29.8 Å². The molecule has 2 bridgehead atoms. The topological polar surface area (TPSA) is 90.8 Å². The Bertz CT molecular complexity index is 818. The predicted molar refractivity (Wildman–Crippen MR) is 90.2 cm³/mol. The van der Waals surface area contributed by atoms with Gasteiger partial charge >= 0.3 is 12.1 Å². The number of carbonyl (C=O) groups is 3. The van der Waals surface area contributed by atoms with E-state index in [2.05, 4.69) is 4.98 Å². The van der Waals surface area contributed by atoms with Crippen molar-refractivity contribution in [1.82, 2.24) is 14.8 Å². The minimum Gasteiger partial charge on any atom is -0.475 e. The summed E-state index contributed by atoms with van der Waals surface area (Å²) in [5.74, 6) is -3.33. The summed E-state index contributed by atoms with van der Waals surface area (Å²) in [6, 6.07) is 1.39. The molecule has 4 fully saturated rings. The molecule has 1 saturated carbocycles. The number of aromatic nitrogens is 1. The summed E-state index contributed by atoms with van der Waals surface area (Å²) in [6.07, 6.45) is 0.867. The number of rotatable bonds is 2. The first kappa shape index (κ1) is 21.0. The van der Waals surface area contributed by atoms with Crippen molar-refractivity contribution in [3.8, 4) is 0 Å². The molecule has 4 heterocycles. The van der Waals surface area contributed by atoms with Crippen LogP contribution in [0.4, 0.5) is 17.6 Å². The number of pyridine rings is 1. The first-order chi connectivity index (χ1) is 13.6. The summed E-state index contributed by atoms with van der Waals surface area (Å²) in [5, 5.41) is 7.12. The van der Waals surface area contributed by atoms with Gasteiger partial charge in [-0.3, -0.25) is 14.6 Å². The Balaban J connectivity index is 0.000000298. The van der Waals surface area contributed by atoms with Crippen LogP contribution in [-0.2, 0) is 9.59 Å². The van der Waals surface area contributed by atoms with Crippen LogP contribution in [0.1, 0.15) is 36.0 Å². The standard InChI is InChI=1S/C16H18FN3O2.C2HF3O2/c17-13-9-18-4-3-12(13)14(21)20-10-11-7-16(20,8-11)15(22)19-5-1-2-6-19;3-2(4,5)1(6)7/h3-4,9,11H,1-2,5-8,10H2;(H,6,7). The lowest BCUT2D eigenvalue weighted by Gasteiger charge is -2.42. The van der Waals surface area contributed by atoms with Gasteiger partial charge in [-0.2, -0.15) is 13.2 Å². The molecule has 0 aromatic carbocycles. The number of hydrogen-bond donors (Lipinski definition) is 1. The molecule has 1 aliphatic carbocycles. The SMILES string of the molecule is O=C(O)C(F)(F)F.O=C(c1ccncc1F)N1CC2CC1(C(=O)N1CCCC1)C2. The zero-order valence-corrected chi connectivity index (χ0v) is 15.3. The second-order valence-electron chi connectivity index (χ2n) is 7.38. The van der Waals surface area contributed by atoms with Gasteiger partial charge in [0, 0.05) is 25.8 Å². The van der Waals surface area contributed by atoms with Crippen LogP contribution in [0.2, 0.25) is 0 Å². The number of hydrogen-bond acceptors (Lipinski definition) is 4. The Labute approximate surface area is 163 Å². The average molecular weight is 417 g/mol. The van der Waals surface area contributed by atoms with Crippen molar-refractivity contribution in [2.24, 2.45) is 5.92 Å². The van der Waals surface area contributed by atoms with E-state index >= 15 is 0 Å². The monoisotopic (exact) mass is 417 g/mol. The van der Waals surface area contributed by atoms with E-state index in [0.29, 0.717) is 12.5 Å². The third-order valence-electron chi connectivity index (χ3n) is 5.49. The van der Waals surface area contributed by atoms with Crippen LogP contribution >= 0.6 is 0 Å². The Morgan fingerprint density at radius 2 is 1.76 bits per heavy atom. The second kappa shape index (κ2) is 7.60. The molecule has 3 saturated heterocycles. The molecule has 1 N–H and O–H groups in total. The zero-order valence-electron chi connectivity index (χ0n) is 15.3. The lowest BCUT2D eigenvalue weighted by Crippen LogP contribution is -2.59. The number of carboxylic acid groups (broad SMARTS) is 1. The van der Waals surface area contributed by atoms with Crippen molar-refractivity contribution in [2.45, 2.75) is 37.4 Å². The van der Waals surface area contributed by atoms with E-state index in [0.717, 1.165) is 45.0 Å². The predicted octanol–water partition coefficient (Wildman–Crippen LogP) is 2.08. The number of halogens is 4. The Morgan fingerprint density at radius 3 is 2.28 bits per heavy atom. The Hall–Kier alpha value is -2.72. The Morgan fingerprint density at radius 1 is 1.17 bits per heavy atom. The summed E-state index contributed by atoms with van der Waals surface area (Å²) in [5.41, 5.74) is -0.710. The molecule has 7 nitrogen and oxygen atoms in total. The number of nitrogens with zero attached hydrogens (tertiary/aromatic N) is 3. The third kappa shape index (κ3) is 3.90. The van der Waals surface area contributed by atoms with Gasteiger partial charge in [-0.05, 0) is 37.7 Å². The van der Waals surface area contributed by atoms with Gasteiger partial charge in [0.15, 0.2) is 5.82 Å². The maximum Gasteiger partial charge on any atom is 0.490 e. The van der Waals surface area contributed by atoms with Crippen molar-refractivity contribution in [2.75, 3.05) is 19.6 Å². The highest BCUT2D eigenvalue weighted by Gasteiger charge is 2.63. The molecular weight excluding hydrogens is 398 g/mol. The number of aliphatic carboxylic acids is 1. The van der Waals surface area contributed by atoms with Gasteiger partial charge < -0.3 is 14.9 Å². The average Bonchev–Trinajstić information content (AvgIpc) is 3.35. The number of carboxylic acids is 1.